The number of hydrogen-bond acceptors (Lipinski definition) is 4. The Kier molecular flexibility index (Phi) is 4.78. The Morgan fingerprint density at radius 2 is 2.00 bits per heavy atom. The summed E-state index contributed by atoms with van der Waals surface area (Å²) >= 11 is 0. The number of rotatable bonds is 5. The van der Waals surface area contributed by atoms with Crippen molar-refractivity contribution >= 4 is 5.84 Å². The largest absolute Gasteiger partial charge is 0.508 e. The van der Waals surface area contributed by atoms with E-state index in [4.69, 9.17) is 10.9 Å². The smallest absolute Gasteiger partial charge is 0.140 e. The van der Waals surface area contributed by atoms with E-state index in [1.165, 1.54) is 0 Å². The lowest BCUT2D eigenvalue weighted by Gasteiger charge is -2.24. The Balaban J connectivity index is 2.53. The van der Waals surface area contributed by atoms with Crippen molar-refractivity contribution in [3.8, 4) is 5.75 Å². The molecule has 0 saturated carbocycles. The highest BCUT2D eigenvalue weighted by Crippen LogP contribution is 2.13. The molecule has 0 bridgehead atoms. The van der Waals surface area contributed by atoms with E-state index >= 15 is 0 Å². The van der Waals surface area contributed by atoms with E-state index in [2.05, 4.69) is 10.1 Å². The molecule has 0 fully saturated rings. The quantitative estimate of drug-likeness (QED) is 0.312. The van der Waals surface area contributed by atoms with Gasteiger partial charge in [0.1, 0.15) is 11.6 Å². The fourth-order valence-corrected chi connectivity index (χ4v) is 1.54. The summed E-state index contributed by atoms with van der Waals surface area (Å²) in [5, 5.41) is 20.6. The Labute approximate surface area is 101 Å². The van der Waals surface area contributed by atoms with Crippen LogP contribution in [0, 0.1) is 0 Å². The van der Waals surface area contributed by atoms with Gasteiger partial charge in [-0.1, -0.05) is 17.3 Å². The molecule has 1 aromatic rings. The van der Waals surface area contributed by atoms with Crippen molar-refractivity contribution in [2.75, 3.05) is 7.05 Å². The topological polar surface area (TPSA) is 82.1 Å². The van der Waals surface area contributed by atoms with Crippen LogP contribution < -0.4 is 5.73 Å². The highest BCUT2D eigenvalue weighted by atomic mass is 16.4. The summed E-state index contributed by atoms with van der Waals surface area (Å²) in [6, 6.07) is 7.26. The zero-order valence-corrected chi connectivity index (χ0v) is 10.2. The molecule has 0 spiro atoms. The summed E-state index contributed by atoms with van der Waals surface area (Å²) in [6.07, 6.45) is 0.519. The van der Waals surface area contributed by atoms with Crippen LogP contribution in [0.15, 0.2) is 29.4 Å². The minimum absolute atomic E-state index is 0.180. The molecule has 1 rings (SSSR count). The maximum absolute atomic E-state index is 9.18. The number of phenols is 1. The molecule has 0 aliphatic rings. The van der Waals surface area contributed by atoms with Gasteiger partial charge in [0.05, 0.1) is 0 Å². The van der Waals surface area contributed by atoms with Crippen molar-refractivity contribution in [3.05, 3.63) is 29.8 Å². The Morgan fingerprint density at radius 3 is 2.53 bits per heavy atom. The van der Waals surface area contributed by atoms with Crippen LogP contribution in [0.1, 0.15) is 18.9 Å². The van der Waals surface area contributed by atoms with Gasteiger partial charge < -0.3 is 16.0 Å². The predicted octanol–water partition coefficient (Wildman–Crippen LogP) is 1.35. The average molecular weight is 237 g/mol. The molecule has 1 aromatic carbocycles. The molecular formula is C12H19N3O2. The molecule has 0 aliphatic carbocycles. The standard InChI is InChI=1S/C12H19N3O2/c1-9(7-12(13)14-17)15(2)8-10-3-5-11(16)6-4-10/h3-6,9,16-17H,7-8H2,1-2H3,(H2,13,14). The number of nitrogens with two attached hydrogens (primary N) is 1. The van der Waals surface area contributed by atoms with Gasteiger partial charge in [0.15, 0.2) is 0 Å². The minimum atomic E-state index is 0.180. The Hall–Kier alpha value is -1.75. The highest BCUT2D eigenvalue weighted by molar-refractivity contribution is 5.80. The monoisotopic (exact) mass is 237 g/mol. The third-order valence-corrected chi connectivity index (χ3v) is 2.75. The van der Waals surface area contributed by atoms with Crippen molar-refractivity contribution < 1.29 is 10.3 Å². The van der Waals surface area contributed by atoms with Gasteiger partial charge >= 0.3 is 0 Å². The summed E-state index contributed by atoms with van der Waals surface area (Å²) in [6.45, 7) is 2.76. The van der Waals surface area contributed by atoms with E-state index in [-0.39, 0.29) is 17.6 Å². The maximum atomic E-state index is 9.18. The first-order chi connectivity index (χ1) is 8.02. The molecule has 0 saturated heterocycles. The SMILES string of the molecule is CC(CC(N)=NO)N(C)Cc1ccc(O)cc1. The first-order valence-corrected chi connectivity index (χ1v) is 5.47. The molecule has 0 aliphatic heterocycles. The number of hydrogen-bond donors (Lipinski definition) is 3. The number of nitrogens with zero attached hydrogens (tertiary/aromatic N) is 2. The van der Waals surface area contributed by atoms with Crippen LogP contribution in [0.25, 0.3) is 0 Å². The van der Waals surface area contributed by atoms with E-state index in [9.17, 15) is 5.11 Å². The van der Waals surface area contributed by atoms with Gasteiger partial charge in [-0.2, -0.15) is 0 Å². The number of phenolic OH excluding ortho intramolecular Hbond substituents is 1. The second kappa shape index (κ2) is 6.10. The van der Waals surface area contributed by atoms with E-state index in [1.807, 2.05) is 26.1 Å². The van der Waals surface area contributed by atoms with Gasteiger partial charge in [0, 0.05) is 19.0 Å². The second-order valence-corrected chi connectivity index (χ2v) is 4.23. The lowest BCUT2D eigenvalue weighted by molar-refractivity contribution is 0.251. The molecule has 17 heavy (non-hydrogen) atoms. The number of amidine groups is 1. The highest BCUT2D eigenvalue weighted by Gasteiger charge is 2.11. The summed E-state index contributed by atoms with van der Waals surface area (Å²) < 4.78 is 0. The summed E-state index contributed by atoms with van der Waals surface area (Å²) in [5.74, 6) is 0.496. The number of oxime groups is 1. The van der Waals surface area contributed by atoms with Gasteiger partial charge in [-0.25, -0.2) is 0 Å². The summed E-state index contributed by atoms with van der Waals surface area (Å²) in [4.78, 5) is 2.10. The summed E-state index contributed by atoms with van der Waals surface area (Å²) in [7, 11) is 1.97. The summed E-state index contributed by atoms with van der Waals surface area (Å²) in [5.41, 5.74) is 6.57. The molecule has 4 N–H and O–H groups in total. The van der Waals surface area contributed by atoms with E-state index in [1.54, 1.807) is 12.1 Å². The molecule has 0 radical (unpaired) electrons. The molecule has 0 amide bonds. The molecule has 0 aromatic heterocycles. The zero-order chi connectivity index (χ0) is 12.8. The van der Waals surface area contributed by atoms with Gasteiger partial charge in [-0.05, 0) is 31.7 Å². The first kappa shape index (κ1) is 13.3. The van der Waals surface area contributed by atoms with Crippen LogP contribution in [0.3, 0.4) is 0 Å². The third-order valence-electron chi connectivity index (χ3n) is 2.75. The lowest BCUT2D eigenvalue weighted by Crippen LogP contribution is -2.32. The van der Waals surface area contributed by atoms with Gasteiger partial charge in [-0.15, -0.1) is 0 Å². The predicted molar refractivity (Wildman–Crippen MR) is 67.1 cm³/mol. The zero-order valence-electron chi connectivity index (χ0n) is 10.2. The molecular weight excluding hydrogens is 218 g/mol. The molecule has 0 heterocycles. The molecule has 5 heteroatoms. The molecule has 1 atom stereocenters. The number of aromatic hydroxyl groups is 1. The van der Waals surface area contributed by atoms with Crippen LogP contribution in [0.2, 0.25) is 0 Å². The normalized spacial score (nSPS) is 13.9. The van der Waals surface area contributed by atoms with Gasteiger partial charge in [-0.3, -0.25) is 4.90 Å². The van der Waals surface area contributed by atoms with Crippen LogP contribution in [0.5, 0.6) is 5.75 Å². The fraction of sp³-hybridized carbons (Fsp3) is 0.417. The van der Waals surface area contributed by atoms with Crippen molar-refractivity contribution in [3.63, 3.8) is 0 Å². The van der Waals surface area contributed by atoms with Crippen molar-refractivity contribution in [1.29, 1.82) is 0 Å². The van der Waals surface area contributed by atoms with Crippen molar-refractivity contribution in [2.24, 2.45) is 10.9 Å². The number of benzene rings is 1. The van der Waals surface area contributed by atoms with Crippen LogP contribution in [-0.2, 0) is 6.54 Å². The molecule has 5 nitrogen and oxygen atoms in total. The average Bonchev–Trinajstić information content (AvgIpc) is 2.31. The second-order valence-electron chi connectivity index (χ2n) is 4.23. The van der Waals surface area contributed by atoms with Gasteiger partial charge in [0.2, 0.25) is 0 Å². The van der Waals surface area contributed by atoms with Crippen molar-refractivity contribution in [1.82, 2.24) is 4.90 Å². The van der Waals surface area contributed by atoms with Crippen LogP contribution >= 0.6 is 0 Å². The van der Waals surface area contributed by atoms with E-state index in [0.29, 0.717) is 6.42 Å². The molecule has 94 valence electrons. The fourth-order valence-electron chi connectivity index (χ4n) is 1.54. The van der Waals surface area contributed by atoms with E-state index < -0.39 is 0 Å². The third kappa shape index (κ3) is 4.32. The maximum Gasteiger partial charge on any atom is 0.140 e. The lowest BCUT2D eigenvalue weighted by atomic mass is 10.1. The van der Waals surface area contributed by atoms with E-state index in [0.717, 1.165) is 12.1 Å². The van der Waals surface area contributed by atoms with Crippen molar-refractivity contribution in [2.45, 2.75) is 25.9 Å². The first-order valence-electron chi connectivity index (χ1n) is 5.47. The molecule has 1 unspecified atom stereocenters. The van der Waals surface area contributed by atoms with Crippen LogP contribution in [-0.4, -0.2) is 34.1 Å². The van der Waals surface area contributed by atoms with Crippen LogP contribution in [0.4, 0.5) is 0 Å². The Bertz CT molecular complexity index is 376. The Morgan fingerprint density at radius 1 is 1.41 bits per heavy atom. The van der Waals surface area contributed by atoms with Gasteiger partial charge in [0.25, 0.3) is 0 Å². The minimum Gasteiger partial charge on any atom is -0.508 e.